The molecule has 0 aliphatic rings. The molecule has 84 valence electrons. The van der Waals surface area contributed by atoms with Gasteiger partial charge in [0, 0.05) is 25.5 Å². The highest BCUT2D eigenvalue weighted by molar-refractivity contribution is 5.93. The molecule has 4 heteroatoms. The van der Waals surface area contributed by atoms with E-state index in [2.05, 4.69) is 11.9 Å². The van der Waals surface area contributed by atoms with Gasteiger partial charge in [0.1, 0.15) is 6.61 Å². The van der Waals surface area contributed by atoms with E-state index in [-0.39, 0.29) is 12.4 Å². The third-order valence-electron chi connectivity index (χ3n) is 2.01. The van der Waals surface area contributed by atoms with E-state index in [9.17, 15) is 4.79 Å². The Morgan fingerprint density at radius 1 is 1.47 bits per heavy atom. The molecule has 0 spiro atoms. The highest BCUT2D eigenvalue weighted by Crippen LogP contribution is 2.01. The van der Waals surface area contributed by atoms with Crippen molar-refractivity contribution in [1.29, 1.82) is 0 Å². The zero-order chi connectivity index (χ0) is 11.1. The summed E-state index contributed by atoms with van der Waals surface area (Å²) in [5.74, 6) is 0.467. The van der Waals surface area contributed by atoms with E-state index in [1.54, 1.807) is 6.20 Å². The van der Waals surface area contributed by atoms with Gasteiger partial charge in [-0.1, -0.05) is 13.8 Å². The standard InChI is InChI=1S/C11H18N2O2/c1-3-6-13-7-5-12-11(13)10(14)9-15-8-4-2/h5,7H,3-4,6,8-9H2,1-2H3. The first-order valence-corrected chi connectivity index (χ1v) is 5.41. The molecule has 1 aromatic rings. The van der Waals surface area contributed by atoms with Gasteiger partial charge in [0.05, 0.1) is 0 Å². The number of ketones is 1. The summed E-state index contributed by atoms with van der Waals surface area (Å²) in [6.45, 7) is 5.67. The van der Waals surface area contributed by atoms with Crippen LogP contribution in [0.2, 0.25) is 0 Å². The number of carbonyl (C=O) groups is 1. The van der Waals surface area contributed by atoms with E-state index >= 15 is 0 Å². The maximum atomic E-state index is 11.7. The molecule has 0 unspecified atom stereocenters. The van der Waals surface area contributed by atoms with Gasteiger partial charge in [0.2, 0.25) is 5.78 Å². The van der Waals surface area contributed by atoms with Crippen LogP contribution < -0.4 is 0 Å². The number of aryl methyl sites for hydroxylation is 1. The zero-order valence-electron chi connectivity index (χ0n) is 9.40. The lowest BCUT2D eigenvalue weighted by atomic mass is 10.3. The summed E-state index contributed by atoms with van der Waals surface area (Å²) in [5.41, 5.74) is 0. The first-order valence-electron chi connectivity index (χ1n) is 5.41. The molecule has 0 saturated heterocycles. The van der Waals surface area contributed by atoms with Crippen molar-refractivity contribution >= 4 is 5.78 Å². The van der Waals surface area contributed by atoms with Gasteiger partial charge in [-0.25, -0.2) is 4.98 Å². The molecule has 0 amide bonds. The Hall–Kier alpha value is -1.16. The van der Waals surface area contributed by atoms with Gasteiger partial charge in [-0.05, 0) is 12.8 Å². The fourth-order valence-electron chi connectivity index (χ4n) is 1.36. The average Bonchev–Trinajstić information content (AvgIpc) is 2.67. The summed E-state index contributed by atoms with van der Waals surface area (Å²) < 4.78 is 7.07. The minimum absolute atomic E-state index is 0.0399. The maximum absolute atomic E-state index is 11.7. The lowest BCUT2D eigenvalue weighted by molar-refractivity contribution is 0.0746. The summed E-state index contributed by atoms with van der Waals surface area (Å²) in [6, 6.07) is 0. The Morgan fingerprint density at radius 2 is 2.27 bits per heavy atom. The van der Waals surface area contributed by atoms with Crippen molar-refractivity contribution in [3.8, 4) is 0 Å². The third-order valence-corrected chi connectivity index (χ3v) is 2.01. The van der Waals surface area contributed by atoms with Crippen LogP contribution >= 0.6 is 0 Å². The fraction of sp³-hybridized carbons (Fsp3) is 0.636. The largest absolute Gasteiger partial charge is 0.373 e. The molecule has 0 fully saturated rings. The minimum Gasteiger partial charge on any atom is -0.373 e. The predicted molar refractivity (Wildman–Crippen MR) is 58.0 cm³/mol. The van der Waals surface area contributed by atoms with Gasteiger partial charge < -0.3 is 9.30 Å². The smallest absolute Gasteiger partial charge is 0.223 e. The second-order valence-electron chi connectivity index (χ2n) is 3.42. The SMILES string of the molecule is CCCOCC(=O)c1nccn1CCC. The van der Waals surface area contributed by atoms with Crippen LogP contribution in [-0.4, -0.2) is 28.5 Å². The molecule has 0 saturated carbocycles. The third kappa shape index (κ3) is 3.47. The van der Waals surface area contributed by atoms with Crippen LogP contribution in [0.3, 0.4) is 0 Å². The molecular formula is C11H18N2O2. The second-order valence-corrected chi connectivity index (χ2v) is 3.42. The van der Waals surface area contributed by atoms with E-state index in [4.69, 9.17) is 4.74 Å². The van der Waals surface area contributed by atoms with Crippen molar-refractivity contribution in [2.45, 2.75) is 33.2 Å². The van der Waals surface area contributed by atoms with Gasteiger partial charge in [-0.15, -0.1) is 0 Å². The number of aromatic nitrogens is 2. The number of Topliss-reactive ketones (excluding diaryl/α,β-unsaturated/α-hetero) is 1. The quantitative estimate of drug-likeness (QED) is 0.510. The first kappa shape index (κ1) is 11.9. The lowest BCUT2D eigenvalue weighted by Crippen LogP contribution is -2.15. The summed E-state index contributed by atoms with van der Waals surface area (Å²) >= 11 is 0. The fourth-order valence-corrected chi connectivity index (χ4v) is 1.36. The molecule has 0 aromatic carbocycles. The van der Waals surface area contributed by atoms with E-state index in [0.29, 0.717) is 12.4 Å². The van der Waals surface area contributed by atoms with Crippen molar-refractivity contribution in [2.75, 3.05) is 13.2 Å². The number of hydrogen-bond donors (Lipinski definition) is 0. The number of rotatable bonds is 7. The maximum Gasteiger partial charge on any atom is 0.223 e. The topological polar surface area (TPSA) is 44.1 Å². The molecule has 0 radical (unpaired) electrons. The van der Waals surface area contributed by atoms with Crippen LogP contribution in [0.15, 0.2) is 12.4 Å². The summed E-state index contributed by atoms with van der Waals surface area (Å²) in [6.07, 6.45) is 5.41. The molecule has 0 bridgehead atoms. The molecule has 0 N–H and O–H groups in total. The van der Waals surface area contributed by atoms with Crippen molar-refractivity contribution in [1.82, 2.24) is 9.55 Å². The number of hydrogen-bond acceptors (Lipinski definition) is 3. The van der Waals surface area contributed by atoms with Crippen LogP contribution in [-0.2, 0) is 11.3 Å². The first-order chi connectivity index (χ1) is 7.29. The highest BCUT2D eigenvalue weighted by Gasteiger charge is 2.11. The van der Waals surface area contributed by atoms with E-state index in [1.807, 2.05) is 17.7 Å². The molecule has 1 aromatic heterocycles. The highest BCUT2D eigenvalue weighted by atomic mass is 16.5. The Bertz CT molecular complexity index is 307. The predicted octanol–water partition coefficient (Wildman–Crippen LogP) is 1.90. The summed E-state index contributed by atoms with van der Waals surface area (Å²) in [5, 5.41) is 0. The van der Waals surface area contributed by atoms with Crippen LogP contribution in [0, 0.1) is 0 Å². The molecule has 0 atom stereocenters. The Morgan fingerprint density at radius 3 is 2.93 bits per heavy atom. The number of imidazole rings is 1. The Balaban J connectivity index is 2.53. The number of carbonyl (C=O) groups excluding carboxylic acids is 1. The molecule has 0 aliphatic carbocycles. The van der Waals surface area contributed by atoms with E-state index < -0.39 is 0 Å². The number of ether oxygens (including phenoxy) is 1. The van der Waals surface area contributed by atoms with Crippen molar-refractivity contribution in [3.05, 3.63) is 18.2 Å². The van der Waals surface area contributed by atoms with Crippen LogP contribution in [0.4, 0.5) is 0 Å². The van der Waals surface area contributed by atoms with Crippen molar-refractivity contribution in [2.24, 2.45) is 0 Å². The van der Waals surface area contributed by atoms with E-state index in [1.165, 1.54) is 0 Å². The van der Waals surface area contributed by atoms with Gasteiger partial charge in [0.25, 0.3) is 0 Å². The Kier molecular flexibility index (Phi) is 5.04. The molecule has 1 rings (SSSR count). The second kappa shape index (κ2) is 6.35. The van der Waals surface area contributed by atoms with Gasteiger partial charge in [-0.3, -0.25) is 4.79 Å². The van der Waals surface area contributed by atoms with Crippen molar-refractivity contribution < 1.29 is 9.53 Å². The summed E-state index contributed by atoms with van der Waals surface area (Å²) in [4.78, 5) is 15.7. The van der Waals surface area contributed by atoms with Gasteiger partial charge >= 0.3 is 0 Å². The molecule has 1 heterocycles. The molecular weight excluding hydrogens is 192 g/mol. The summed E-state index contributed by atoms with van der Waals surface area (Å²) in [7, 11) is 0. The molecule has 0 aliphatic heterocycles. The minimum atomic E-state index is -0.0399. The zero-order valence-corrected chi connectivity index (χ0v) is 9.40. The number of nitrogens with zero attached hydrogens (tertiary/aromatic N) is 2. The van der Waals surface area contributed by atoms with Crippen LogP contribution in [0.25, 0.3) is 0 Å². The van der Waals surface area contributed by atoms with Gasteiger partial charge in [-0.2, -0.15) is 0 Å². The Labute approximate surface area is 90.3 Å². The average molecular weight is 210 g/mol. The lowest BCUT2D eigenvalue weighted by Gasteiger charge is -2.05. The van der Waals surface area contributed by atoms with Crippen LogP contribution in [0.1, 0.15) is 37.3 Å². The van der Waals surface area contributed by atoms with Crippen LogP contribution in [0.5, 0.6) is 0 Å². The van der Waals surface area contributed by atoms with E-state index in [0.717, 1.165) is 19.4 Å². The normalized spacial score (nSPS) is 10.5. The van der Waals surface area contributed by atoms with Gasteiger partial charge in [0.15, 0.2) is 5.82 Å². The molecule has 4 nitrogen and oxygen atoms in total. The monoisotopic (exact) mass is 210 g/mol. The molecule has 15 heavy (non-hydrogen) atoms. The van der Waals surface area contributed by atoms with Crippen molar-refractivity contribution in [3.63, 3.8) is 0 Å².